The van der Waals surface area contributed by atoms with Crippen LogP contribution in [0.1, 0.15) is 18.4 Å². The van der Waals surface area contributed by atoms with Gasteiger partial charge in [0.1, 0.15) is 6.61 Å². The maximum atomic E-state index is 5.90. The smallest absolute Gasteiger partial charge is 0.161 e. The van der Waals surface area contributed by atoms with Crippen LogP contribution in [0.15, 0.2) is 18.2 Å². The van der Waals surface area contributed by atoms with Crippen molar-refractivity contribution in [3.05, 3.63) is 23.8 Å². The van der Waals surface area contributed by atoms with Gasteiger partial charge in [0, 0.05) is 19.1 Å². The summed E-state index contributed by atoms with van der Waals surface area (Å²) >= 11 is 0. The Balaban J connectivity index is 1.81. The molecule has 1 aromatic carbocycles. The summed E-state index contributed by atoms with van der Waals surface area (Å²) in [6.07, 6.45) is 2.58. The molecule has 0 N–H and O–H groups in total. The molecular formula is C17H28N2O2. The Labute approximate surface area is 128 Å². The number of benzene rings is 1. The Hall–Kier alpha value is -1.26. The molecule has 1 fully saturated rings. The van der Waals surface area contributed by atoms with Crippen LogP contribution in [0.2, 0.25) is 0 Å². The summed E-state index contributed by atoms with van der Waals surface area (Å²) in [7, 11) is 6.03. The molecule has 0 aromatic heterocycles. The minimum atomic E-state index is 0.674. The lowest BCUT2D eigenvalue weighted by Gasteiger charge is -2.36. The van der Waals surface area contributed by atoms with E-state index in [2.05, 4.69) is 36.9 Å². The number of likely N-dealkylation sites (tertiary alicyclic amines) is 1. The predicted octanol–water partition coefficient (Wildman–Crippen LogP) is 2.41. The van der Waals surface area contributed by atoms with Crippen molar-refractivity contribution in [3.8, 4) is 11.5 Å². The Morgan fingerprint density at radius 3 is 2.81 bits per heavy atom. The summed E-state index contributed by atoms with van der Waals surface area (Å²) in [4.78, 5) is 4.82. The first kappa shape index (κ1) is 16.1. The number of likely N-dealkylation sites (N-methyl/N-ethyl adjacent to an activating group) is 1. The zero-order valence-corrected chi connectivity index (χ0v) is 13.8. The minimum Gasteiger partial charge on any atom is -0.493 e. The third-order valence-corrected chi connectivity index (χ3v) is 4.20. The number of aryl methyl sites for hydroxylation is 1. The van der Waals surface area contributed by atoms with Crippen LogP contribution in [0.5, 0.6) is 11.5 Å². The second-order valence-corrected chi connectivity index (χ2v) is 6.06. The average Bonchev–Trinajstić information content (AvgIpc) is 2.49. The Bertz CT molecular complexity index is 448. The minimum absolute atomic E-state index is 0.674. The molecule has 0 bridgehead atoms. The molecule has 0 amide bonds. The van der Waals surface area contributed by atoms with Crippen molar-refractivity contribution in [2.75, 3.05) is 47.4 Å². The van der Waals surface area contributed by atoms with Crippen LogP contribution in [-0.2, 0) is 0 Å². The summed E-state index contributed by atoms with van der Waals surface area (Å²) in [5.41, 5.74) is 1.18. The van der Waals surface area contributed by atoms with E-state index in [0.29, 0.717) is 12.6 Å². The van der Waals surface area contributed by atoms with Crippen molar-refractivity contribution in [3.63, 3.8) is 0 Å². The maximum Gasteiger partial charge on any atom is 0.161 e. The van der Waals surface area contributed by atoms with Crippen LogP contribution >= 0.6 is 0 Å². The first-order chi connectivity index (χ1) is 10.1. The number of ether oxygens (including phenoxy) is 2. The molecule has 0 saturated carbocycles. The van der Waals surface area contributed by atoms with E-state index in [4.69, 9.17) is 9.47 Å². The molecule has 1 aromatic rings. The highest BCUT2D eigenvalue weighted by atomic mass is 16.5. The SMILES string of the molecule is COc1cc(C)ccc1OCCN1CCCC(N(C)C)C1. The summed E-state index contributed by atoms with van der Waals surface area (Å²) < 4.78 is 11.3. The van der Waals surface area contributed by atoms with Crippen molar-refractivity contribution in [1.82, 2.24) is 9.80 Å². The van der Waals surface area contributed by atoms with Gasteiger partial charge in [-0.2, -0.15) is 0 Å². The van der Waals surface area contributed by atoms with E-state index >= 15 is 0 Å². The number of rotatable bonds is 6. The summed E-state index contributed by atoms with van der Waals surface area (Å²) in [5, 5.41) is 0. The molecule has 4 heteroatoms. The van der Waals surface area contributed by atoms with Crippen LogP contribution in [0.3, 0.4) is 0 Å². The maximum absolute atomic E-state index is 5.90. The molecular weight excluding hydrogens is 264 g/mol. The van der Waals surface area contributed by atoms with Crippen molar-refractivity contribution in [1.29, 1.82) is 0 Å². The third-order valence-electron chi connectivity index (χ3n) is 4.20. The second-order valence-electron chi connectivity index (χ2n) is 6.06. The number of hydrogen-bond donors (Lipinski definition) is 0. The monoisotopic (exact) mass is 292 g/mol. The molecule has 0 spiro atoms. The molecule has 0 aliphatic carbocycles. The zero-order valence-electron chi connectivity index (χ0n) is 13.8. The molecule has 1 saturated heterocycles. The quantitative estimate of drug-likeness (QED) is 0.804. The van der Waals surface area contributed by atoms with Crippen molar-refractivity contribution in [2.45, 2.75) is 25.8 Å². The lowest BCUT2D eigenvalue weighted by molar-refractivity contribution is 0.116. The molecule has 118 valence electrons. The standard InChI is InChI=1S/C17H28N2O2/c1-14-7-8-16(17(12-14)20-4)21-11-10-19-9-5-6-15(13-19)18(2)3/h7-8,12,15H,5-6,9-11,13H2,1-4H3. The van der Waals surface area contributed by atoms with Crippen molar-refractivity contribution < 1.29 is 9.47 Å². The first-order valence-electron chi connectivity index (χ1n) is 7.76. The number of nitrogens with zero attached hydrogens (tertiary/aromatic N) is 2. The van der Waals surface area contributed by atoms with Gasteiger partial charge < -0.3 is 14.4 Å². The van der Waals surface area contributed by atoms with Gasteiger partial charge in [-0.05, 0) is 58.1 Å². The molecule has 1 unspecified atom stereocenters. The largest absolute Gasteiger partial charge is 0.493 e. The van der Waals surface area contributed by atoms with E-state index in [9.17, 15) is 0 Å². The topological polar surface area (TPSA) is 24.9 Å². The fraction of sp³-hybridized carbons (Fsp3) is 0.647. The predicted molar refractivity (Wildman–Crippen MR) is 86.4 cm³/mol. The second kappa shape index (κ2) is 7.66. The van der Waals surface area contributed by atoms with Crippen LogP contribution in [0.25, 0.3) is 0 Å². The summed E-state index contributed by atoms with van der Waals surface area (Å²) in [6, 6.07) is 6.74. The van der Waals surface area contributed by atoms with Gasteiger partial charge in [-0.15, -0.1) is 0 Å². The first-order valence-corrected chi connectivity index (χ1v) is 7.76. The van der Waals surface area contributed by atoms with Crippen LogP contribution < -0.4 is 9.47 Å². The molecule has 1 atom stereocenters. The van der Waals surface area contributed by atoms with Gasteiger partial charge in [-0.3, -0.25) is 4.90 Å². The van der Waals surface area contributed by atoms with Crippen LogP contribution in [0, 0.1) is 6.92 Å². The molecule has 21 heavy (non-hydrogen) atoms. The average molecular weight is 292 g/mol. The summed E-state index contributed by atoms with van der Waals surface area (Å²) in [5.74, 6) is 1.66. The van der Waals surface area contributed by atoms with E-state index in [1.807, 2.05) is 12.1 Å². The van der Waals surface area contributed by atoms with Gasteiger partial charge in [0.05, 0.1) is 7.11 Å². The molecule has 1 heterocycles. The van der Waals surface area contributed by atoms with E-state index < -0.39 is 0 Å². The van der Waals surface area contributed by atoms with E-state index in [1.54, 1.807) is 7.11 Å². The van der Waals surface area contributed by atoms with Gasteiger partial charge in [0.15, 0.2) is 11.5 Å². The molecule has 2 rings (SSSR count). The fourth-order valence-electron chi connectivity index (χ4n) is 2.83. The number of hydrogen-bond acceptors (Lipinski definition) is 4. The van der Waals surface area contributed by atoms with E-state index in [-0.39, 0.29) is 0 Å². The van der Waals surface area contributed by atoms with Gasteiger partial charge in [-0.25, -0.2) is 0 Å². The van der Waals surface area contributed by atoms with Gasteiger partial charge >= 0.3 is 0 Å². The number of piperidine rings is 1. The van der Waals surface area contributed by atoms with E-state index in [1.165, 1.54) is 24.9 Å². The zero-order chi connectivity index (χ0) is 15.2. The molecule has 0 radical (unpaired) electrons. The van der Waals surface area contributed by atoms with Gasteiger partial charge in [-0.1, -0.05) is 6.07 Å². The Kier molecular flexibility index (Phi) is 5.88. The molecule has 1 aliphatic rings. The van der Waals surface area contributed by atoms with Crippen LogP contribution in [-0.4, -0.2) is 63.3 Å². The Morgan fingerprint density at radius 2 is 2.10 bits per heavy atom. The highest BCUT2D eigenvalue weighted by Gasteiger charge is 2.21. The number of methoxy groups -OCH3 is 1. The van der Waals surface area contributed by atoms with Gasteiger partial charge in [0.2, 0.25) is 0 Å². The highest BCUT2D eigenvalue weighted by molar-refractivity contribution is 5.42. The fourth-order valence-corrected chi connectivity index (χ4v) is 2.83. The lowest BCUT2D eigenvalue weighted by atomic mass is 10.1. The molecule has 1 aliphatic heterocycles. The van der Waals surface area contributed by atoms with Crippen LogP contribution in [0.4, 0.5) is 0 Å². The Morgan fingerprint density at radius 1 is 1.29 bits per heavy atom. The van der Waals surface area contributed by atoms with Crippen molar-refractivity contribution in [2.24, 2.45) is 0 Å². The highest BCUT2D eigenvalue weighted by Crippen LogP contribution is 2.27. The third kappa shape index (κ3) is 4.61. The van der Waals surface area contributed by atoms with Crippen molar-refractivity contribution >= 4 is 0 Å². The summed E-state index contributed by atoms with van der Waals surface area (Å²) in [6.45, 7) is 6.06. The normalized spacial score (nSPS) is 19.8. The lowest BCUT2D eigenvalue weighted by Crippen LogP contribution is -2.46. The molecule has 4 nitrogen and oxygen atoms in total. The van der Waals surface area contributed by atoms with Gasteiger partial charge in [0.25, 0.3) is 0 Å². The van der Waals surface area contributed by atoms with E-state index in [0.717, 1.165) is 24.6 Å².